The summed E-state index contributed by atoms with van der Waals surface area (Å²) in [5.74, 6) is 0. The quantitative estimate of drug-likeness (QED) is 0.778. The summed E-state index contributed by atoms with van der Waals surface area (Å²) in [6, 6.07) is 7.11. The second kappa shape index (κ2) is 5.16. The minimum absolute atomic E-state index is 0.256. The SMILES string of the molecule is CCc1cc(CC)cc(CC(C)N)c1. The largest absolute Gasteiger partial charge is 0.328 e. The number of nitrogens with two attached hydrogens (primary N) is 1. The van der Waals surface area contributed by atoms with Crippen LogP contribution in [-0.2, 0) is 19.3 Å². The molecule has 0 aliphatic heterocycles. The van der Waals surface area contributed by atoms with Crippen molar-refractivity contribution in [2.45, 2.75) is 46.1 Å². The third-order valence-corrected chi connectivity index (χ3v) is 2.49. The van der Waals surface area contributed by atoms with Gasteiger partial charge in [-0.3, -0.25) is 0 Å². The van der Waals surface area contributed by atoms with Crippen LogP contribution in [-0.4, -0.2) is 6.04 Å². The molecule has 2 N–H and O–H groups in total. The lowest BCUT2D eigenvalue weighted by Crippen LogP contribution is -2.17. The minimum atomic E-state index is 0.256. The van der Waals surface area contributed by atoms with Crippen molar-refractivity contribution >= 4 is 0 Å². The predicted molar refractivity (Wildman–Crippen MR) is 62.6 cm³/mol. The molecule has 0 fully saturated rings. The normalized spacial score (nSPS) is 12.9. The van der Waals surface area contributed by atoms with Crippen LogP contribution in [0.5, 0.6) is 0 Å². The summed E-state index contributed by atoms with van der Waals surface area (Å²) in [5.41, 5.74) is 10.1. The Labute approximate surface area is 87.3 Å². The molecule has 0 amide bonds. The van der Waals surface area contributed by atoms with E-state index in [0.29, 0.717) is 0 Å². The second-order valence-electron chi connectivity index (χ2n) is 4.05. The zero-order chi connectivity index (χ0) is 10.6. The van der Waals surface area contributed by atoms with E-state index in [4.69, 9.17) is 5.73 Å². The van der Waals surface area contributed by atoms with Gasteiger partial charge < -0.3 is 5.73 Å². The van der Waals surface area contributed by atoms with Gasteiger partial charge in [0.25, 0.3) is 0 Å². The molecule has 78 valence electrons. The summed E-state index contributed by atoms with van der Waals surface area (Å²) in [4.78, 5) is 0. The van der Waals surface area contributed by atoms with Crippen molar-refractivity contribution < 1.29 is 0 Å². The molecule has 1 rings (SSSR count). The summed E-state index contributed by atoms with van der Waals surface area (Å²) in [5, 5.41) is 0. The molecule has 0 aromatic heterocycles. The molecule has 1 aromatic carbocycles. The van der Waals surface area contributed by atoms with Gasteiger partial charge in [-0.1, -0.05) is 32.0 Å². The van der Waals surface area contributed by atoms with Gasteiger partial charge in [-0.2, -0.15) is 0 Å². The first-order valence-corrected chi connectivity index (χ1v) is 5.53. The Morgan fingerprint density at radius 2 is 1.43 bits per heavy atom. The first kappa shape index (κ1) is 11.3. The molecule has 1 heteroatoms. The Balaban J connectivity index is 2.92. The van der Waals surface area contributed by atoms with Crippen molar-refractivity contribution in [1.82, 2.24) is 0 Å². The smallest absolute Gasteiger partial charge is 0.00509 e. The number of hydrogen-bond donors (Lipinski definition) is 1. The molecule has 0 heterocycles. The number of aryl methyl sites for hydroxylation is 2. The van der Waals surface area contributed by atoms with Crippen LogP contribution < -0.4 is 5.73 Å². The summed E-state index contributed by atoms with van der Waals surface area (Å²) in [6.07, 6.45) is 3.21. The van der Waals surface area contributed by atoms with Crippen molar-refractivity contribution in [2.75, 3.05) is 0 Å². The standard InChI is InChI=1S/C13H21N/c1-4-11-7-12(5-2)9-13(8-11)6-10(3)14/h7-10H,4-6,14H2,1-3H3. The first-order valence-electron chi connectivity index (χ1n) is 5.53. The average Bonchev–Trinajstić information content (AvgIpc) is 2.16. The van der Waals surface area contributed by atoms with Crippen LogP contribution in [0.4, 0.5) is 0 Å². The lowest BCUT2D eigenvalue weighted by atomic mass is 9.99. The summed E-state index contributed by atoms with van der Waals surface area (Å²) in [6.45, 7) is 6.46. The Kier molecular flexibility index (Phi) is 4.15. The highest BCUT2D eigenvalue weighted by Crippen LogP contribution is 2.13. The van der Waals surface area contributed by atoms with Gasteiger partial charge in [-0.25, -0.2) is 0 Å². The van der Waals surface area contributed by atoms with E-state index in [-0.39, 0.29) is 6.04 Å². The molecule has 0 saturated carbocycles. The highest BCUT2D eigenvalue weighted by Gasteiger charge is 2.01. The van der Waals surface area contributed by atoms with Gasteiger partial charge >= 0.3 is 0 Å². The molecule has 0 aliphatic rings. The molecule has 0 radical (unpaired) electrons. The number of hydrogen-bond acceptors (Lipinski definition) is 1. The maximum Gasteiger partial charge on any atom is 0.00509 e. The van der Waals surface area contributed by atoms with E-state index in [0.717, 1.165) is 19.3 Å². The molecule has 1 atom stereocenters. The van der Waals surface area contributed by atoms with Gasteiger partial charge in [-0.15, -0.1) is 0 Å². The third-order valence-electron chi connectivity index (χ3n) is 2.49. The Hall–Kier alpha value is -0.820. The van der Waals surface area contributed by atoms with Gasteiger partial charge in [0, 0.05) is 6.04 Å². The Morgan fingerprint density at radius 3 is 1.79 bits per heavy atom. The highest BCUT2D eigenvalue weighted by molar-refractivity contribution is 5.30. The molecule has 0 bridgehead atoms. The van der Waals surface area contributed by atoms with Crippen LogP contribution in [0.1, 0.15) is 37.5 Å². The molecule has 1 nitrogen and oxygen atoms in total. The summed E-state index contributed by atoms with van der Waals surface area (Å²) in [7, 11) is 0. The van der Waals surface area contributed by atoms with Crippen LogP contribution in [0, 0.1) is 0 Å². The predicted octanol–water partition coefficient (Wildman–Crippen LogP) is 2.70. The number of rotatable bonds is 4. The summed E-state index contributed by atoms with van der Waals surface area (Å²) >= 11 is 0. The van der Waals surface area contributed by atoms with Gasteiger partial charge in [0.1, 0.15) is 0 Å². The van der Waals surface area contributed by atoms with Crippen LogP contribution in [0.2, 0.25) is 0 Å². The Bertz CT molecular complexity index is 267. The van der Waals surface area contributed by atoms with Crippen LogP contribution in [0.15, 0.2) is 18.2 Å². The minimum Gasteiger partial charge on any atom is -0.328 e. The molecule has 0 spiro atoms. The van der Waals surface area contributed by atoms with E-state index in [9.17, 15) is 0 Å². The molecule has 14 heavy (non-hydrogen) atoms. The zero-order valence-corrected chi connectivity index (χ0v) is 9.51. The summed E-state index contributed by atoms with van der Waals surface area (Å²) < 4.78 is 0. The van der Waals surface area contributed by atoms with Crippen molar-refractivity contribution in [2.24, 2.45) is 5.73 Å². The van der Waals surface area contributed by atoms with Crippen LogP contribution in [0.25, 0.3) is 0 Å². The molecule has 0 saturated heterocycles. The van der Waals surface area contributed by atoms with E-state index in [2.05, 4.69) is 39.0 Å². The van der Waals surface area contributed by atoms with Gasteiger partial charge in [0.05, 0.1) is 0 Å². The van der Waals surface area contributed by atoms with E-state index < -0.39 is 0 Å². The maximum absolute atomic E-state index is 5.81. The van der Waals surface area contributed by atoms with Gasteiger partial charge in [0.2, 0.25) is 0 Å². The van der Waals surface area contributed by atoms with Gasteiger partial charge in [-0.05, 0) is 42.9 Å². The third kappa shape index (κ3) is 3.15. The van der Waals surface area contributed by atoms with Crippen LogP contribution in [0.3, 0.4) is 0 Å². The average molecular weight is 191 g/mol. The molecular weight excluding hydrogens is 170 g/mol. The topological polar surface area (TPSA) is 26.0 Å². The van der Waals surface area contributed by atoms with Crippen molar-refractivity contribution in [3.8, 4) is 0 Å². The fourth-order valence-corrected chi connectivity index (χ4v) is 1.74. The van der Waals surface area contributed by atoms with Crippen molar-refractivity contribution in [3.05, 3.63) is 34.9 Å². The van der Waals surface area contributed by atoms with Crippen molar-refractivity contribution in [3.63, 3.8) is 0 Å². The van der Waals surface area contributed by atoms with E-state index in [1.165, 1.54) is 16.7 Å². The number of benzene rings is 1. The zero-order valence-electron chi connectivity index (χ0n) is 9.51. The fourth-order valence-electron chi connectivity index (χ4n) is 1.74. The molecule has 0 aliphatic carbocycles. The molecular formula is C13H21N. The van der Waals surface area contributed by atoms with Gasteiger partial charge in [0.15, 0.2) is 0 Å². The lowest BCUT2D eigenvalue weighted by molar-refractivity contribution is 0.736. The van der Waals surface area contributed by atoms with E-state index in [1.54, 1.807) is 0 Å². The maximum atomic E-state index is 5.81. The Morgan fingerprint density at radius 1 is 1.00 bits per heavy atom. The fraction of sp³-hybridized carbons (Fsp3) is 0.538. The molecule has 1 aromatic rings. The lowest BCUT2D eigenvalue weighted by Gasteiger charge is -2.09. The van der Waals surface area contributed by atoms with Crippen LogP contribution >= 0.6 is 0 Å². The first-order chi connectivity index (χ1) is 6.65. The highest BCUT2D eigenvalue weighted by atomic mass is 14.6. The second-order valence-corrected chi connectivity index (χ2v) is 4.05. The monoisotopic (exact) mass is 191 g/mol. The van der Waals surface area contributed by atoms with E-state index in [1.807, 2.05) is 0 Å². The van der Waals surface area contributed by atoms with E-state index >= 15 is 0 Å². The van der Waals surface area contributed by atoms with Crippen molar-refractivity contribution in [1.29, 1.82) is 0 Å². The molecule has 1 unspecified atom stereocenters.